The average molecular weight is 339 g/mol. The van der Waals surface area contributed by atoms with Crippen LogP contribution in [0.2, 0.25) is 0 Å². The lowest BCUT2D eigenvalue weighted by atomic mass is 10.1. The van der Waals surface area contributed by atoms with Crippen molar-refractivity contribution in [3.05, 3.63) is 58.8 Å². The Balaban J connectivity index is 2.03. The van der Waals surface area contributed by atoms with E-state index < -0.39 is 0 Å². The molecule has 0 unspecified atom stereocenters. The van der Waals surface area contributed by atoms with E-state index in [1.54, 1.807) is 14.1 Å². The number of phenols is 1. The van der Waals surface area contributed by atoms with Crippen LogP contribution in [0.15, 0.2) is 57.7 Å². The van der Waals surface area contributed by atoms with Crippen LogP contribution in [-0.2, 0) is 4.79 Å². The molecule has 6 nitrogen and oxygen atoms in total. The Morgan fingerprint density at radius 2 is 1.88 bits per heavy atom. The van der Waals surface area contributed by atoms with Crippen LogP contribution in [0.5, 0.6) is 11.5 Å². The Kier molecular flexibility index (Phi) is 4.43. The van der Waals surface area contributed by atoms with E-state index >= 15 is 0 Å². The fourth-order valence-electron chi connectivity index (χ4n) is 2.35. The van der Waals surface area contributed by atoms with Gasteiger partial charge in [-0.15, -0.1) is 0 Å². The molecule has 1 N–H and O–H groups in total. The molecule has 0 radical (unpaired) electrons. The van der Waals surface area contributed by atoms with Gasteiger partial charge in [0.1, 0.15) is 28.2 Å². The fraction of sp³-hybridized carbons (Fsp3) is 0.158. The number of aromatic hydroxyl groups is 1. The van der Waals surface area contributed by atoms with Crippen LogP contribution in [0.4, 0.5) is 0 Å². The van der Waals surface area contributed by atoms with Crippen LogP contribution in [0.25, 0.3) is 22.3 Å². The Hall–Kier alpha value is -3.28. The molecule has 0 aliphatic heterocycles. The maximum atomic E-state index is 12.3. The van der Waals surface area contributed by atoms with E-state index in [9.17, 15) is 14.7 Å². The summed E-state index contributed by atoms with van der Waals surface area (Å²) < 4.78 is 11.2. The van der Waals surface area contributed by atoms with Gasteiger partial charge in [-0.2, -0.15) is 0 Å². The summed E-state index contributed by atoms with van der Waals surface area (Å²) in [7, 11) is 3.24. The van der Waals surface area contributed by atoms with E-state index in [4.69, 9.17) is 9.15 Å². The highest BCUT2D eigenvalue weighted by molar-refractivity contribution is 5.86. The molecule has 0 bridgehead atoms. The number of likely N-dealkylation sites (N-methyl/N-ethyl adjacent to an activating group) is 1. The van der Waals surface area contributed by atoms with Crippen LogP contribution in [0, 0.1) is 0 Å². The van der Waals surface area contributed by atoms with Gasteiger partial charge in [0.15, 0.2) is 12.0 Å². The van der Waals surface area contributed by atoms with Gasteiger partial charge in [0.25, 0.3) is 5.91 Å². The van der Waals surface area contributed by atoms with Gasteiger partial charge in [-0.25, -0.2) is 0 Å². The third kappa shape index (κ3) is 3.47. The van der Waals surface area contributed by atoms with Gasteiger partial charge in [-0.1, -0.05) is 30.3 Å². The number of hydrogen-bond donors (Lipinski definition) is 1. The topological polar surface area (TPSA) is 80.0 Å². The molecule has 0 atom stereocenters. The molecule has 0 aliphatic carbocycles. The summed E-state index contributed by atoms with van der Waals surface area (Å²) in [6.07, 6.45) is 0. The van der Waals surface area contributed by atoms with Gasteiger partial charge in [0.05, 0.1) is 0 Å². The number of carbonyl (C=O) groups is 1. The third-order valence-corrected chi connectivity index (χ3v) is 3.70. The molecule has 3 rings (SSSR count). The number of nitrogens with zero attached hydrogens (tertiary/aromatic N) is 1. The molecular formula is C19H17NO5. The Morgan fingerprint density at radius 3 is 2.56 bits per heavy atom. The van der Waals surface area contributed by atoms with Crippen molar-refractivity contribution in [3.8, 4) is 22.8 Å². The second kappa shape index (κ2) is 6.68. The first-order valence-corrected chi connectivity index (χ1v) is 7.65. The summed E-state index contributed by atoms with van der Waals surface area (Å²) >= 11 is 0. The molecule has 6 heteroatoms. The zero-order valence-corrected chi connectivity index (χ0v) is 13.9. The van der Waals surface area contributed by atoms with Gasteiger partial charge >= 0.3 is 0 Å². The molecule has 0 aliphatic rings. The summed E-state index contributed by atoms with van der Waals surface area (Å²) in [5.41, 5.74) is 0.585. The normalized spacial score (nSPS) is 10.6. The highest BCUT2D eigenvalue weighted by Crippen LogP contribution is 2.31. The van der Waals surface area contributed by atoms with E-state index in [1.165, 1.54) is 23.1 Å². The van der Waals surface area contributed by atoms with Crippen LogP contribution in [0.3, 0.4) is 0 Å². The number of rotatable bonds is 4. The van der Waals surface area contributed by atoms with Crippen molar-refractivity contribution in [2.75, 3.05) is 20.7 Å². The van der Waals surface area contributed by atoms with Crippen LogP contribution < -0.4 is 10.2 Å². The first-order chi connectivity index (χ1) is 12.0. The molecule has 1 aromatic heterocycles. The van der Waals surface area contributed by atoms with Crippen molar-refractivity contribution in [1.82, 2.24) is 4.90 Å². The second-order valence-corrected chi connectivity index (χ2v) is 5.73. The van der Waals surface area contributed by atoms with Crippen LogP contribution >= 0.6 is 0 Å². The lowest BCUT2D eigenvalue weighted by molar-refractivity contribution is -0.130. The van der Waals surface area contributed by atoms with E-state index in [2.05, 4.69) is 0 Å². The van der Waals surface area contributed by atoms with E-state index in [0.717, 1.165) is 5.56 Å². The van der Waals surface area contributed by atoms with Crippen molar-refractivity contribution in [2.45, 2.75) is 0 Å². The highest BCUT2D eigenvalue weighted by atomic mass is 16.5. The molecule has 25 heavy (non-hydrogen) atoms. The molecule has 0 saturated carbocycles. The molecule has 3 aromatic rings. The second-order valence-electron chi connectivity index (χ2n) is 5.73. The van der Waals surface area contributed by atoms with Crippen molar-refractivity contribution in [2.24, 2.45) is 0 Å². The van der Waals surface area contributed by atoms with Gasteiger partial charge < -0.3 is 19.2 Å². The van der Waals surface area contributed by atoms with Gasteiger partial charge in [-0.05, 0) is 0 Å². The lowest BCUT2D eigenvalue weighted by Gasteiger charge is -2.12. The quantitative estimate of drug-likeness (QED) is 0.790. The molecule has 0 saturated heterocycles. The Morgan fingerprint density at radius 1 is 1.16 bits per heavy atom. The van der Waals surface area contributed by atoms with E-state index in [1.807, 2.05) is 30.3 Å². The van der Waals surface area contributed by atoms with Crippen LogP contribution in [-0.4, -0.2) is 36.6 Å². The minimum Gasteiger partial charge on any atom is -0.507 e. The number of hydrogen-bond acceptors (Lipinski definition) is 5. The van der Waals surface area contributed by atoms with Gasteiger partial charge in [0, 0.05) is 37.9 Å². The maximum absolute atomic E-state index is 12.3. The third-order valence-electron chi connectivity index (χ3n) is 3.70. The average Bonchev–Trinajstić information content (AvgIpc) is 2.59. The van der Waals surface area contributed by atoms with E-state index in [0.29, 0.717) is 5.76 Å². The van der Waals surface area contributed by atoms with Crippen molar-refractivity contribution >= 4 is 16.9 Å². The summed E-state index contributed by atoms with van der Waals surface area (Å²) in [5, 5.41) is 10.2. The summed E-state index contributed by atoms with van der Waals surface area (Å²) in [6, 6.07) is 13.3. The number of ether oxygens (including phenoxy) is 1. The minimum absolute atomic E-state index is 0.0750. The molecule has 128 valence electrons. The standard InChI is InChI=1S/C19H17NO5/c1-20(2)18(23)11-24-13-8-14(21)19-15(22)10-16(25-17(19)9-13)12-6-4-3-5-7-12/h3-10,21H,11H2,1-2H3. The predicted octanol–water partition coefficient (Wildman–Crippen LogP) is 2.63. The van der Waals surface area contributed by atoms with Crippen molar-refractivity contribution in [3.63, 3.8) is 0 Å². The zero-order valence-electron chi connectivity index (χ0n) is 13.9. The molecule has 0 spiro atoms. The smallest absolute Gasteiger partial charge is 0.259 e. The summed E-state index contributed by atoms with van der Waals surface area (Å²) in [5.74, 6) is 0.157. The molecule has 1 amide bonds. The minimum atomic E-state index is -0.353. The fourth-order valence-corrected chi connectivity index (χ4v) is 2.35. The first-order valence-electron chi connectivity index (χ1n) is 7.65. The van der Waals surface area contributed by atoms with Crippen molar-refractivity contribution < 1.29 is 19.1 Å². The van der Waals surface area contributed by atoms with Gasteiger partial charge in [0.2, 0.25) is 0 Å². The summed E-state index contributed by atoms with van der Waals surface area (Å²) in [6.45, 7) is -0.180. The molecule has 1 heterocycles. The van der Waals surface area contributed by atoms with Gasteiger partial charge in [-0.3, -0.25) is 9.59 Å². The number of benzene rings is 2. The molecular weight excluding hydrogens is 322 g/mol. The maximum Gasteiger partial charge on any atom is 0.259 e. The number of phenolic OH excluding ortho intramolecular Hbond substituents is 1. The zero-order chi connectivity index (χ0) is 18.0. The highest BCUT2D eigenvalue weighted by Gasteiger charge is 2.14. The summed E-state index contributed by atoms with van der Waals surface area (Å²) in [4.78, 5) is 25.4. The lowest BCUT2D eigenvalue weighted by Crippen LogP contribution is -2.27. The van der Waals surface area contributed by atoms with Crippen LogP contribution in [0.1, 0.15) is 0 Å². The first kappa shape index (κ1) is 16.6. The largest absolute Gasteiger partial charge is 0.507 e. The number of carbonyl (C=O) groups excluding carboxylic acids is 1. The Bertz CT molecular complexity index is 976. The van der Waals surface area contributed by atoms with E-state index in [-0.39, 0.29) is 40.4 Å². The number of fused-ring (bicyclic) bond motifs is 1. The molecule has 2 aromatic carbocycles. The number of amides is 1. The predicted molar refractivity (Wildman–Crippen MR) is 93.8 cm³/mol. The Labute approximate surface area is 143 Å². The monoisotopic (exact) mass is 339 g/mol. The van der Waals surface area contributed by atoms with Crippen molar-refractivity contribution in [1.29, 1.82) is 0 Å². The molecule has 0 fully saturated rings. The SMILES string of the molecule is CN(C)C(=O)COc1cc(O)c2c(=O)cc(-c3ccccc3)oc2c1.